The molecule has 3 N–H and O–H groups in total. The molecule has 3 aromatic rings. The van der Waals surface area contributed by atoms with Crippen LogP contribution in [0, 0.1) is 11.3 Å². The summed E-state index contributed by atoms with van der Waals surface area (Å²) in [7, 11) is 0. The zero-order valence-electron chi connectivity index (χ0n) is 20.5. The molecule has 35 heavy (non-hydrogen) atoms. The topological polar surface area (TPSA) is 93.5 Å². The molecular formula is C28H34N3O4+. The van der Waals surface area contributed by atoms with Crippen LogP contribution in [0.15, 0.2) is 52.9 Å². The number of hydrogen-bond acceptors (Lipinski definition) is 6. The van der Waals surface area contributed by atoms with Crippen LogP contribution in [0.1, 0.15) is 50.0 Å². The van der Waals surface area contributed by atoms with E-state index in [1.165, 1.54) is 11.1 Å². The van der Waals surface area contributed by atoms with E-state index in [1.54, 1.807) is 6.07 Å². The van der Waals surface area contributed by atoms with E-state index in [4.69, 9.17) is 29.4 Å². The van der Waals surface area contributed by atoms with Crippen molar-refractivity contribution in [3.05, 3.63) is 65.4 Å². The number of likely N-dealkylation sites (tertiary alicyclic amines) is 1. The first-order valence-corrected chi connectivity index (χ1v) is 12.4. The molecule has 0 saturated carbocycles. The second kappa shape index (κ2) is 9.84. The highest BCUT2D eigenvalue weighted by Gasteiger charge is 2.42. The molecule has 2 aromatic carbocycles. The summed E-state index contributed by atoms with van der Waals surface area (Å²) in [6.07, 6.45) is 3.01. The Morgan fingerprint density at radius 1 is 1.14 bits per heavy atom. The molecule has 5 rings (SSSR count). The smallest absolute Gasteiger partial charge is 0.342 e. The normalized spacial score (nSPS) is 17.1. The molecule has 0 bridgehead atoms. The molecule has 7 nitrogen and oxygen atoms in total. The average Bonchev–Trinajstić information content (AvgIpc) is 3.46. The van der Waals surface area contributed by atoms with E-state index in [0.717, 1.165) is 56.6 Å². The number of fused-ring (bicyclic) bond motifs is 3. The summed E-state index contributed by atoms with van der Waals surface area (Å²) in [6.45, 7) is 8.24. The standard InChI is InChI=1S/C28H33N3O4/c1-19(2)26(29)35-27(30)25-17-21-23(9-5-10-24(21)34-25)32-16-6-13-31-14-11-28(12-15-31)22-8-4-3-7-20(22)18-33-28/h3-5,7-10,17,19,29-30H,6,11-16,18H2,1-2H3/p+1. The average molecular weight is 477 g/mol. The second-order valence-corrected chi connectivity index (χ2v) is 9.75. The molecule has 1 spiro atoms. The minimum atomic E-state index is -0.102. The van der Waals surface area contributed by atoms with Gasteiger partial charge in [0.05, 0.1) is 30.1 Å². The fourth-order valence-corrected chi connectivity index (χ4v) is 4.96. The van der Waals surface area contributed by atoms with E-state index in [2.05, 4.69) is 29.2 Å². The van der Waals surface area contributed by atoms with Crippen molar-refractivity contribution < 1.29 is 24.0 Å². The molecule has 2 aliphatic heterocycles. The van der Waals surface area contributed by atoms with Gasteiger partial charge in [-0.1, -0.05) is 30.3 Å². The van der Waals surface area contributed by atoms with Gasteiger partial charge in [-0.3, -0.25) is 5.41 Å². The molecule has 184 valence electrons. The van der Waals surface area contributed by atoms with Crippen molar-refractivity contribution in [2.24, 2.45) is 5.92 Å². The van der Waals surface area contributed by atoms with Crippen LogP contribution in [0.3, 0.4) is 0 Å². The summed E-state index contributed by atoms with van der Waals surface area (Å²) in [5.41, 5.74) is 3.30. The molecule has 0 amide bonds. The van der Waals surface area contributed by atoms with Gasteiger partial charge in [0.25, 0.3) is 5.90 Å². The van der Waals surface area contributed by atoms with Crippen LogP contribution in [0.2, 0.25) is 0 Å². The maximum absolute atomic E-state index is 8.17. The van der Waals surface area contributed by atoms with E-state index >= 15 is 0 Å². The third kappa shape index (κ3) is 4.83. The molecule has 0 atom stereocenters. The molecule has 1 aromatic heterocycles. The van der Waals surface area contributed by atoms with Gasteiger partial charge in [0.15, 0.2) is 5.76 Å². The lowest BCUT2D eigenvalue weighted by Crippen LogP contribution is -2.45. The molecular weight excluding hydrogens is 442 g/mol. The van der Waals surface area contributed by atoms with Gasteiger partial charge < -0.3 is 23.5 Å². The van der Waals surface area contributed by atoms with Crippen LogP contribution in [-0.2, 0) is 21.7 Å². The van der Waals surface area contributed by atoms with Crippen molar-refractivity contribution in [1.29, 1.82) is 5.41 Å². The number of hydrogen-bond donors (Lipinski definition) is 2. The zero-order valence-corrected chi connectivity index (χ0v) is 20.5. The molecule has 7 heteroatoms. The minimum Gasteiger partial charge on any atom is -0.493 e. The molecule has 0 radical (unpaired) electrons. The first kappa shape index (κ1) is 23.6. The number of nitrogens with zero attached hydrogens (tertiary/aromatic N) is 1. The zero-order chi connectivity index (χ0) is 24.4. The molecule has 1 fully saturated rings. The van der Waals surface area contributed by atoms with Crippen molar-refractivity contribution in [1.82, 2.24) is 4.90 Å². The fraction of sp³-hybridized carbons (Fsp3) is 0.429. The minimum absolute atomic E-state index is 0.0190. The van der Waals surface area contributed by atoms with Crippen molar-refractivity contribution in [3.63, 3.8) is 0 Å². The van der Waals surface area contributed by atoms with Crippen LogP contribution >= 0.6 is 0 Å². The maximum Gasteiger partial charge on any atom is 0.342 e. The first-order chi connectivity index (χ1) is 16.9. The Kier molecular flexibility index (Phi) is 6.62. The molecule has 0 aliphatic carbocycles. The first-order valence-electron chi connectivity index (χ1n) is 12.4. The van der Waals surface area contributed by atoms with E-state index in [0.29, 0.717) is 23.8 Å². The molecule has 3 heterocycles. The van der Waals surface area contributed by atoms with Crippen LogP contribution in [-0.4, -0.2) is 42.9 Å². The number of piperidine rings is 1. The number of nitrogens with two attached hydrogens (primary N) is 1. The van der Waals surface area contributed by atoms with Crippen molar-refractivity contribution >= 4 is 22.8 Å². The Hall–Kier alpha value is -3.16. The number of ether oxygens (including phenoxy) is 3. The summed E-state index contributed by atoms with van der Waals surface area (Å²) >= 11 is 0. The summed E-state index contributed by atoms with van der Waals surface area (Å²) in [5, 5.41) is 14.8. The predicted molar refractivity (Wildman–Crippen MR) is 135 cm³/mol. The number of furan rings is 1. The molecule has 2 aliphatic rings. The summed E-state index contributed by atoms with van der Waals surface area (Å²) in [4.78, 5) is 2.50. The fourth-order valence-electron chi connectivity index (χ4n) is 4.96. The summed E-state index contributed by atoms with van der Waals surface area (Å²) in [6, 6.07) is 16.1. The maximum atomic E-state index is 8.17. The SMILES string of the molecule is CC(C)C(=[NH2+])OC(=N)c1cc2c(OCCCN3CCC4(CC3)OCc3ccccc34)cccc2o1. The Bertz CT molecular complexity index is 1220. The van der Waals surface area contributed by atoms with Gasteiger partial charge in [-0.05, 0) is 56.4 Å². The van der Waals surface area contributed by atoms with E-state index in [-0.39, 0.29) is 17.4 Å². The third-order valence-electron chi connectivity index (χ3n) is 7.09. The van der Waals surface area contributed by atoms with Crippen LogP contribution in [0.4, 0.5) is 0 Å². The second-order valence-electron chi connectivity index (χ2n) is 9.75. The lowest BCUT2D eigenvalue weighted by atomic mass is 9.84. The quantitative estimate of drug-likeness (QED) is 0.307. The van der Waals surface area contributed by atoms with Gasteiger partial charge in [-0.2, -0.15) is 0 Å². The van der Waals surface area contributed by atoms with E-state index < -0.39 is 0 Å². The largest absolute Gasteiger partial charge is 0.493 e. The van der Waals surface area contributed by atoms with Crippen LogP contribution < -0.4 is 10.1 Å². The van der Waals surface area contributed by atoms with Crippen molar-refractivity contribution in [2.45, 2.75) is 45.3 Å². The highest BCUT2D eigenvalue weighted by Crippen LogP contribution is 2.43. The predicted octanol–water partition coefficient (Wildman–Crippen LogP) is 3.88. The number of nitrogens with one attached hydrogen (secondary N) is 1. The van der Waals surface area contributed by atoms with Gasteiger partial charge >= 0.3 is 5.90 Å². The molecule has 1 saturated heterocycles. The lowest BCUT2D eigenvalue weighted by Gasteiger charge is -2.39. The highest BCUT2D eigenvalue weighted by atomic mass is 16.5. The van der Waals surface area contributed by atoms with Gasteiger partial charge in [0.2, 0.25) is 0 Å². The Balaban J connectivity index is 1.12. The number of rotatable bonds is 7. The summed E-state index contributed by atoms with van der Waals surface area (Å²) in [5.74, 6) is 1.29. The number of benzene rings is 2. The van der Waals surface area contributed by atoms with E-state index in [1.807, 2.05) is 32.0 Å². The van der Waals surface area contributed by atoms with Crippen LogP contribution in [0.25, 0.3) is 11.0 Å². The Labute approximate surface area is 206 Å². The van der Waals surface area contributed by atoms with Crippen molar-refractivity contribution in [3.8, 4) is 5.75 Å². The van der Waals surface area contributed by atoms with Gasteiger partial charge in [0.1, 0.15) is 11.3 Å². The monoisotopic (exact) mass is 476 g/mol. The Morgan fingerprint density at radius 3 is 2.74 bits per heavy atom. The third-order valence-corrected chi connectivity index (χ3v) is 7.09. The van der Waals surface area contributed by atoms with Gasteiger partial charge in [-0.15, -0.1) is 0 Å². The lowest BCUT2D eigenvalue weighted by molar-refractivity contribution is -0.139. The van der Waals surface area contributed by atoms with E-state index in [9.17, 15) is 0 Å². The van der Waals surface area contributed by atoms with Crippen LogP contribution in [0.5, 0.6) is 5.75 Å². The van der Waals surface area contributed by atoms with Gasteiger partial charge in [-0.25, -0.2) is 5.41 Å². The highest BCUT2D eigenvalue weighted by molar-refractivity contribution is 6.00. The van der Waals surface area contributed by atoms with Gasteiger partial charge in [0, 0.05) is 25.7 Å². The molecule has 0 unspecified atom stereocenters. The van der Waals surface area contributed by atoms with Crippen molar-refractivity contribution in [2.75, 3.05) is 26.2 Å². The summed E-state index contributed by atoms with van der Waals surface area (Å²) < 4.78 is 23.6. The Morgan fingerprint density at radius 2 is 1.94 bits per heavy atom.